The summed E-state index contributed by atoms with van der Waals surface area (Å²) in [6, 6.07) is 15.9. The first kappa shape index (κ1) is 22.4. The lowest BCUT2D eigenvalue weighted by atomic mass is 9.76. The fourth-order valence-corrected chi connectivity index (χ4v) is 4.16. The second kappa shape index (κ2) is 9.36. The number of hydrogen-bond acceptors (Lipinski definition) is 6. The van der Waals surface area contributed by atoms with E-state index < -0.39 is 5.97 Å². The van der Waals surface area contributed by atoms with Crippen molar-refractivity contribution in [1.29, 1.82) is 0 Å². The number of methoxy groups -OCH3 is 1. The van der Waals surface area contributed by atoms with Crippen molar-refractivity contribution in [2.24, 2.45) is 5.41 Å². The van der Waals surface area contributed by atoms with E-state index in [0.717, 1.165) is 28.7 Å². The standard InChI is InChI=1S/C25H27N5O3/c1-4-25(2)14-19(13-23(32)33-3)30(22(31)15-25)16-17-9-11-18(12-10-17)20-7-5-6-8-21(20)24-26-28-29-27-24/h5-13H,4,14-16H2,1-3H3,(H,26,27,28,29)/b19-13+. The minimum Gasteiger partial charge on any atom is -0.466 e. The van der Waals surface area contributed by atoms with Gasteiger partial charge in [-0.25, -0.2) is 4.79 Å². The Labute approximate surface area is 192 Å². The monoisotopic (exact) mass is 445 g/mol. The van der Waals surface area contributed by atoms with E-state index in [2.05, 4.69) is 34.5 Å². The quantitative estimate of drug-likeness (QED) is 0.452. The number of piperidine rings is 1. The molecule has 0 aliphatic carbocycles. The minimum atomic E-state index is -0.448. The number of carbonyl (C=O) groups is 2. The topological polar surface area (TPSA) is 101 Å². The molecule has 1 aromatic heterocycles. The van der Waals surface area contributed by atoms with Crippen LogP contribution in [0.4, 0.5) is 0 Å². The highest BCUT2D eigenvalue weighted by molar-refractivity contribution is 5.86. The number of rotatable bonds is 6. The number of amides is 1. The molecule has 0 saturated carbocycles. The maximum Gasteiger partial charge on any atom is 0.332 e. The lowest BCUT2D eigenvalue weighted by molar-refractivity contribution is -0.136. The normalized spacial score (nSPS) is 19.7. The summed E-state index contributed by atoms with van der Waals surface area (Å²) in [6.45, 7) is 4.56. The van der Waals surface area contributed by atoms with Crippen LogP contribution in [0.3, 0.4) is 0 Å². The number of hydrogen-bond donors (Lipinski definition) is 1. The number of nitrogens with zero attached hydrogens (tertiary/aromatic N) is 4. The van der Waals surface area contributed by atoms with Crippen LogP contribution in [0.5, 0.6) is 0 Å². The van der Waals surface area contributed by atoms with E-state index in [9.17, 15) is 9.59 Å². The summed E-state index contributed by atoms with van der Waals surface area (Å²) in [5, 5.41) is 14.3. The first-order chi connectivity index (χ1) is 15.9. The SMILES string of the molecule is CCC1(C)CC(=O)N(Cc2ccc(-c3ccccc3-c3nn[nH]n3)cc2)/C(=C/C(=O)OC)C1. The third-order valence-corrected chi connectivity index (χ3v) is 6.29. The van der Waals surface area contributed by atoms with Gasteiger partial charge in [-0.05, 0) is 40.2 Å². The van der Waals surface area contributed by atoms with Crippen molar-refractivity contribution in [2.75, 3.05) is 7.11 Å². The highest BCUT2D eigenvalue weighted by Gasteiger charge is 2.37. The van der Waals surface area contributed by atoms with Crippen molar-refractivity contribution in [3.63, 3.8) is 0 Å². The molecule has 8 heteroatoms. The number of aromatic amines is 1. The molecule has 3 aromatic rings. The highest BCUT2D eigenvalue weighted by Crippen LogP contribution is 2.40. The molecule has 1 fully saturated rings. The summed E-state index contributed by atoms with van der Waals surface area (Å²) >= 11 is 0. The lowest BCUT2D eigenvalue weighted by Crippen LogP contribution is -2.41. The van der Waals surface area contributed by atoms with Crippen molar-refractivity contribution in [3.8, 4) is 22.5 Å². The Morgan fingerprint density at radius 3 is 2.52 bits per heavy atom. The summed E-state index contributed by atoms with van der Waals surface area (Å²) < 4.78 is 4.82. The number of esters is 1. The van der Waals surface area contributed by atoms with Crippen LogP contribution in [0.1, 0.15) is 38.7 Å². The fraction of sp³-hybridized carbons (Fsp3) is 0.320. The number of likely N-dealkylation sites (tertiary alicyclic amines) is 1. The van der Waals surface area contributed by atoms with Crippen LogP contribution in [0.15, 0.2) is 60.3 Å². The molecular formula is C25H27N5O3. The Hall–Kier alpha value is -3.81. The zero-order valence-electron chi connectivity index (χ0n) is 19.0. The van der Waals surface area contributed by atoms with E-state index >= 15 is 0 Å². The number of tetrazole rings is 1. The number of nitrogens with one attached hydrogen (secondary N) is 1. The molecule has 1 aliphatic heterocycles. The van der Waals surface area contributed by atoms with Gasteiger partial charge in [0.1, 0.15) is 0 Å². The molecule has 1 unspecified atom stereocenters. The van der Waals surface area contributed by atoms with E-state index in [1.165, 1.54) is 13.2 Å². The maximum atomic E-state index is 13.0. The molecule has 1 aliphatic rings. The van der Waals surface area contributed by atoms with Crippen LogP contribution in [-0.2, 0) is 20.9 Å². The van der Waals surface area contributed by atoms with Crippen LogP contribution >= 0.6 is 0 Å². The Bertz CT molecular complexity index is 1170. The number of ether oxygens (including phenoxy) is 1. The Kier molecular flexibility index (Phi) is 6.35. The zero-order valence-corrected chi connectivity index (χ0v) is 19.0. The first-order valence-corrected chi connectivity index (χ1v) is 10.9. The van der Waals surface area contributed by atoms with Crippen LogP contribution in [0.25, 0.3) is 22.5 Å². The van der Waals surface area contributed by atoms with Crippen LogP contribution in [0.2, 0.25) is 0 Å². The van der Waals surface area contributed by atoms with Crippen LogP contribution < -0.4 is 0 Å². The van der Waals surface area contributed by atoms with Gasteiger partial charge in [-0.2, -0.15) is 5.21 Å². The predicted octanol–water partition coefficient (Wildman–Crippen LogP) is 4.13. The summed E-state index contributed by atoms with van der Waals surface area (Å²) in [4.78, 5) is 26.7. The van der Waals surface area contributed by atoms with Gasteiger partial charge in [0.2, 0.25) is 11.7 Å². The molecular weight excluding hydrogens is 418 g/mol. The highest BCUT2D eigenvalue weighted by atomic mass is 16.5. The molecule has 4 rings (SSSR count). The van der Waals surface area contributed by atoms with Gasteiger partial charge in [0.05, 0.1) is 13.7 Å². The summed E-state index contributed by atoms with van der Waals surface area (Å²) in [5.74, 6) is 0.106. The Morgan fingerprint density at radius 2 is 1.88 bits per heavy atom. The van der Waals surface area contributed by atoms with Gasteiger partial charge in [0.25, 0.3) is 0 Å². The average molecular weight is 446 g/mol. The largest absolute Gasteiger partial charge is 0.466 e. The molecule has 33 heavy (non-hydrogen) atoms. The number of allylic oxidation sites excluding steroid dienone is 1. The maximum absolute atomic E-state index is 13.0. The summed E-state index contributed by atoms with van der Waals surface area (Å²) in [5.41, 5.74) is 4.40. The molecule has 8 nitrogen and oxygen atoms in total. The lowest BCUT2D eigenvalue weighted by Gasteiger charge is -2.40. The van der Waals surface area contributed by atoms with E-state index in [4.69, 9.17) is 4.74 Å². The average Bonchev–Trinajstić information content (AvgIpc) is 3.36. The molecule has 2 aromatic carbocycles. The van der Waals surface area contributed by atoms with E-state index in [1.807, 2.05) is 48.5 Å². The molecule has 1 N–H and O–H groups in total. The molecule has 1 atom stereocenters. The minimum absolute atomic E-state index is 0.0206. The second-order valence-corrected chi connectivity index (χ2v) is 8.63. The Morgan fingerprint density at radius 1 is 1.15 bits per heavy atom. The zero-order chi connectivity index (χ0) is 23.4. The van der Waals surface area contributed by atoms with E-state index in [0.29, 0.717) is 30.9 Å². The van der Waals surface area contributed by atoms with Crippen molar-refractivity contribution in [1.82, 2.24) is 25.5 Å². The molecule has 2 heterocycles. The van der Waals surface area contributed by atoms with Gasteiger partial charge in [-0.15, -0.1) is 10.2 Å². The first-order valence-electron chi connectivity index (χ1n) is 10.9. The van der Waals surface area contributed by atoms with Gasteiger partial charge in [-0.1, -0.05) is 62.4 Å². The summed E-state index contributed by atoms with van der Waals surface area (Å²) in [6.07, 6.45) is 3.42. The fourth-order valence-electron chi connectivity index (χ4n) is 4.16. The third kappa shape index (κ3) is 4.84. The van der Waals surface area contributed by atoms with E-state index in [1.54, 1.807) is 4.90 Å². The van der Waals surface area contributed by atoms with Gasteiger partial charge < -0.3 is 9.64 Å². The third-order valence-electron chi connectivity index (χ3n) is 6.29. The van der Waals surface area contributed by atoms with Crippen molar-refractivity contribution in [2.45, 2.75) is 39.7 Å². The van der Waals surface area contributed by atoms with Gasteiger partial charge in [0, 0.05) is 23.8 Å². The molecule has 0 bridgehead atoms. The van der Waals surface area contributed by atoms with Gasteiger partial charge in [0.15, 0.2) is 0 Å². The van der Waals surface area contributed by atoms with Crippen LogP contribution in [0, 0.1) is 5.41 Å². The van der Waals surface area contributed by atoms with E-state index in [-0.39, 0.29) is 11.3 Å². The summed E-state index contributed by atoms with van der Waals surface area (Å²) in [7, 11) is 1.35. The molecule has 1 saturated heterocycles. The van der Waals surface area contributed by atoms with Gasteiger partial charge in [-0.3, -0.25) is 4.79 Å². The molecule has 0 radical (unpaired) electrons. The van der Waals surface area contributed by atoms with Crippen molar-refractivity contribution < 1.29 is 14.3 Å². The van der Waals surface area contributed by atoms with Gasteiger partial charge >= 0.3 is 5.97 Å². The number of H-pyrrole nitrogens is 1. The molecule has 0 spiro atoms. The second-order valence-electron chi connectivity index (χ2n) is 8.63. The van der Waals surface area contributed by atoms with Crippen molar-refractivity contribution in [3.05, 3.63) is 65.9 Å². The number of carbonyl (C=O) groups excluding carboxylic acids is 2. The molecule has 1 amide bonds. The molecule has 170 valence electrons. The number of benzene rings is 2. The smallest absolute Gasteiger partial charge is 0.332 e. The Balaban J connectivity index is 1.59. The van der Waals surface area contributed by atoms with Crippen LogP contribution in [-0.4, -0.2) is 44.5 Å². The predicted molar refractivity (Wildman–Crippen MR) is 123 cm³/mol. The van der Waals surface area contributed by atoms with Crippen molar-refractivity contribution >= 4 is 11.9 Å². The number of aromatic nitrogens is 4.